The van der Waals surface area contributed by atoms with Crippen LogP contribution in [0, 0.1) is 0 Å². The van der Waals surface area contributed by atoms with E-state index in [0.29, 0.717) is 0 Å². The van der Waals surface area contributed by atoms with E-state index in [1.165, 1.54) is 0 Å². The monoisotopic (exact) mass is 775 g/mol. The normalized spacial score (nSPS) is 13.4. The molecule has 44 heavy (non-hydrogen) atoms. The van der Waals surface area contributed by atoms with Gasteiger partial charge in [-0.25, -0.2) is 0 Å². The first-order valence-electron chi connectivity index (χ1n) is 15.6. The molecule has 0 radical (unpaired) electrons. The van der Waals surface area contributed by atoms with Crippen LogP contribution in [0.1, 0.15) is 11.1 Å². The van der Waals surface area contributed by atoms with Crippen LogP contribution in [-0.2, 0) is 32.7 Å². The van der Waals surface area contributed by atoms with E-state index in [-0.39, 0.29) is 32.7 Å². The number of nitrogens with zero attached hydrogens (tertiary/aromatic N) is 5. The van der Waals surface area contributed by atoms with Crippen molar-refractivity contribution in [1.29, 1.82) is 0 Å². The molecule has 2 aromatic carbocycles. The summed E-state index contributed by atoms with van der Waals surface area (Å²) in [5, 5.41) is 0. The predicted molar refractivity (Wildman–Crippen MR) is 216 cm³/mol. The number of rotatable bonds is 8. The Labute approximate surface area is 304 Å². The van der Waals surface area contributed by atoms with Crippen molar-refractivity contribution in [3.63, 3.8) is 0 Å². The maximum atomic E-state index is 4.89. The van der Waals surface area contributed by atoms with Gasteiger partial charge in [0.2, 0.25) is 0 Å². The van der Waals surface area contributed by atoms with Crippen molar-refractivity contribution in [1.82, 2.24) is 0 Å². The van der Waals surface area contributed by atoms with Crippen molar-refractivity contribution in [2.75, 3.05) is 0 Å². The first kappa shape index (κ1) is 45.9. The molecule has 0 saturated heterocycles. The second kappa shape index (κ2) is 18.9. The van der Waals surface area contributed by atoms with Crippen LogP contribution in [0.5, 0.6) is 0 Å². The molecule has 0 saturated carbocycles. The van der Waals surface area contributed by atoms with Gasteiger partial charge in [0.25, 0.3) is 0 Å². The maximum absolute atomic E-state index is 4.89. The van der Waals surface area contributed by atoms with E-state index in [0.717, 1.165) is 22.8 Å². The molecular formula is C32H64N5Si6Y. The van der Waals surface area contributed by atoms with E-state index in [1.807, 2.05) is 12.1 Å². The standard InChI is InChI=1S/2C13H23N2Si2.C6H18NSi2.Y/c2*1-16(2,3)14-13(15-17(4,5)6)12-10-8-7-9-11-12;1-8(2,3)7-9(4,5)6;/h2*7-11H,1-6H3;1-6H3;/q3*-1;+3. The fourth-order valence-electron chi connectivity index (χ4n) is 3.76. The third-order valence-electron chi connectivity index (χ3n) is 4.50. The minimum absolute atomic E-state index is 0. The largest absolute Gasteiger partial charge is 3.00 e. The van der Waals surface area contributed by atoms with E-state index in [4.69, 9.17) is 23.9 Å². The topological polar surface area (TPSA) is 67.0 Å². The predicted octanol–water partition coefficient (Wildman–Crippen LogP) is 12.0. The molecule has 244 valence electrons. The smallest absolute Gasteiger partial charge is 0.668 e. The van der Waals surface area contributed by atoms with Gasteiger partial charge in [-0.1, -0.05) is 207 Å². The summed E-state index contributed by atoms with van der Waals surface area (Å²) >= 11 is 0. The van der Waals surface area contributed by atoms with E-state index >= 15 is 0 Å². The summed E-state index contributed by atoms with van der Waals surface area (Å²) in [6, 6.07) is 20.7. The summed E-state index contributed by atoms with van der Waals surface area (Å²) in [5.74, 6) is 1.92. The third kappa shape index (κ3) is 28.0. The number of benzene rings is 2. The molecule has 0 fully saturated rings. The van der Waals surface area contributed by atoms with Crippen LogP contribution >= 0.6 is 0 Å². The Morgan fingerprint density at radius 3 is 0.818 bits per heavy atom. The summed E-state index contributed by atoms with van der Waals surface area (Å²) in [4.78, 5) is 9.78. The van der Waals surface area contributed by atoms with Crippen LogP contribution in [0.15, 0.2) is 70.0 Å². The van der Waals surface area contributed by atoms with Crippen molar-refractivity contribution >= 4 is 61.1 Å². The second-order valence-electron chi connectivity index (χ2n) is 17.0. The van der Waals surface area contributed by atoms with Gasteiger partial charge in [0, 0.05) is 32.9 Å². The Balaban J connectivity index is 0. The Morgan fingerprint density at radius 2 is 0.659 bits per heavy atom. The average Bonchev–Trinajstić information content (AvgIpc) is 2.74. The summed E-state index contributed by atoms with van der Waals surface area (Å²) in [6.45, 7) is 40.7. The zero-order valence-electron chi connectivity index (χ0n) is 31.6. The molecule has 0 spiro atoms. The Hall–Kier alpha value is -0.255. The van der Waals surface area contributed by atoms with Gasteiger partial charge in [0.1, 0.15) is 0 Å². The fourth-order valence-corrected chi connectivity index (χ4v) is 15.3. The van der Waals surface area contributed by atoms with Gasteiger partial charge in [-0.3, -0.25) is 0 Å². The van der Waals surface area contributed by atoms with Crippen molar-refractivity contribution in [2.45, 2.75) is 118 Å². The quantitative estimate of drug-likeness (QED) is 0.146. The Kier molecular flexibility index (Phi) is 19.7. The van der Waals surface area contributed by atoms with Crippen molar-refractivity contribution in [3.8, 4) is 0 Å². The SMILES string of the molecule is C[Si](C)(C)/N=C(/[N-][Si](C)(C)C)c1ccccc1.C[Si](C)(C)/N=C(/[N-][Si](C)(C)C)c1ccccc1.C[Si](C)(C)[N-][Si](C)(C)C.[Y+3]. The molecule has 0 N–H and O–H groups in total. The molecule has 0 bridgehead atoms. The molecule has 2 aromatic rings. The van der Waals surface area contributed by atoms with E-state index in [1.54, 1.807) is 0 Å². The van der Waals surface area contributed by atoms with Gasteiger partial charge >= 0.3 is 32.7 Å². The van der Waals surface area contributed by atoms with Crippen LogP contribution in [-0.4, -0.2) is 61.1 Å². The van der Waals surface area contributed by atoms with Crippen molar-refractivity contribution < 1.29 is 32.7 Å². The number of hydrogen-bond acceptors (Lipinski definition) is 2. The van der Waals surface area contributed by atoms with Gasteiger partial charge < -0.3 is 23.9 Å². The van der Waals surface area contributed by atoms with Crippen LogP contribution in [0.2, 0.25) is 118 Å². The summed E-state index contributed by atoms with van der Waals surface area (Å²) < 4.78 is 14.6. The molecule has 0 unspecified atom stereocenters. The molecule has 0 aliphatic heterocycles. The van der Waals surface area contributed by atoms with Gasteiger partial charge in [-0.15, -0.1) is 0 Å². The van der Waals surface area contributed by atoms with E-state index in [2.05, 4.69) is 166 Å². The molecule has 0 amide bonds. The van der Waals surface area contributed by atoms with Crippen molar-refractivity contribution in [3.05, 3.63) is 86.4 Å². The summed E-state index contributed by atoms with van der Waals surface area (Å²) in [7, 11) is -8.16. The third-order valence-corrected chi connectivity index (χ3v) is 13.4. The van der Waals surface area contributed by atoms with Gasteiger partial charge in [-0.2, -0.15) is 0 Å². The Bertz CT molecular complexity index is 1040. The minimum atomic E-state index is -1.49. The van der Waals surface area contributed by atoms with Gasteiger partial charge in [-0.05, 0) is 11.1 Å². The zero-order chi connectivity index (χ0) is 33.9. The molecule has 12 heteroatoms. The van der Waals surface area contributed by atoms with E-state index in [9.17, 15) is 0 Å². The van der Waals surface area contributed by atoms with Crippen LogP contribution in [0.4, 0.5) is 0 Å². The molecule has 0 atom stereocenters. The molecular weight excluding hydrogens is 712 g/mol. The average molecular weight is 776 g/mol. The molecule has 0 aliphatic rings. The van der Waals surface area contributed by atoms with Crippen molar-refractivity contribution in [2.24, 2.45) is 9.32 Å². The fraction of sp³-hybridized carbons (Fsp3) is 0.562. The molecule has 5 nitrogen and oxygen atoms in total. The van der Waals surface area contributed by atoms with Crippen LogP contribution in [0.3, 0.4) is 0 Å². The summed E-state index contributed by atoms with van der Waals surface area (Å²) in [5.41, 5.74) is 2.30. The summed E-state index contributed by atoms with van der Waals surface area (Å²) in [6.07, 6.45) is 0. The molecule has 0 heterocycles. The van der Waals surface area contributed by atoms with Crippen LogP contribution < -0.4 is 0 Å². The second-order valence-corrected chi connectivity index (χ2v) is 44.8. The zero-order valence-corrected chi connectivity index (χ0v) is 40.4. The maximum Gasteiger partial charge on any atom is 3.00 e. The number of amidine groups is 2. The molecule has 0 aromatic heterocycles. The Morgan fingerprint density at radius 1 is 0.409 bits per heavy atom. The van der Waals surface area contributed by atoms with Gasteiger partial charge in [0.15, 0.2) is 0 Å². The molecule has 0 aliphatic carbocycles. The number of hydrogen-bond donors (Lipinski definition) is 0. The van der Waals surface area contributed by atoms with Crippen LogP contribution in [0.25, 0.3) is 14.6 Å². The first-order valence-corrected chi connectivity index (χ1v) is 36.2. The molecule has 2 rings (SSSR count). The first-order chi connectivity index (χ1) is 19.1. The minimum Gasteiger partial charge on any atom is -0.668 e. The van der Waals surface area contributed by atoms with Gasteiger partial charge in [0.05, 0.1) is 0 Å². The van der Waals surface area contributed by atoms with E-state index < -0.39 is 49.4 Å².